The lowest BCUT2D eigenvalue weighted by molar-refractivity contribution is -0.135. The zero-order valence-electron chi connectivity index (χ0n) is 16.5. The van der Waals surface area contributed by atoms with E-state index in [9.17, 15) is 9.59 Å². The van der Waals surface area contributed by atoms with Crippen LogP contribution in [0.3, 0.4) is 0 Å². The molecule has 4 fully saturated rings. The molecule has 7 heteroatoms. The smallest absolute Gasteiger partial charge is 0.409 e. The average molecular weight is 396 g/mol. The Morgan fingerprint density at radius 2 is 1.63 bits per heavy atom. The highest BCUT2D eigenvalue weighted by atomic mass is 32.2. The maximum absolute atomic E-state index is 13.0. The van der Waals surface area contributed by atoms with Crippen molar-refractivity contribution >= 4 is 23.8 Å². The Balaban J connectivity index is 1.23. The molecule has 4 aliphatic rings. The molecular formula is C20H33N3O3S. The SMILES string of the molecule is CCOC(=O)N1CCN(C(=O)C2CC23CCN(C2CCSCC2)CC3)CC1. The summed E-state index contributed by atoms with van der Waals surface area (Å²) in [4.78, 5) is 31.2. The molecular weight excluding hydrogens is 362 g/mol. The van der Waals surface area contributed by atoms with Gasteiger partial charge in [0.15, 0.2) is 0 Å². The van der Waals surface area contributed by atoms with Crippen LogP contribution >= 0.6 is 11.8 Å². The third-order valence-electron chi connectivity index (χ3n) is 7.11. The van der Waals surface area contributed by atoms with Crippen molar-refractivity contribution in [1.82, 2.24) is 14.7 Å². The van der Waals surface area contributed by atoms with Crippen molar-refractivity contribution in [1.29, 1.82) is 0 Å². The molecule has 1 unspecified atom stereocenters. The maximum atomic E-state index is 13.0. The summed E-state index contributed by atoms with van der Waals surface area (Å²) in [5.74, 6) is 3.19. The minimum Gasteiger partial charge on any atom is -0.450 e. The predicted octanol–water partition coefficient (Wildman–Crippen LogP) is 2.28. The van der Waals surface area contributed by atoms with Crippen LogP contribution in [-0.2, 0) is 9.53 Å². The number of hydrogen-bond donors (Lipinski definition) is 0. The quantitative estimate of drug-likeness (QED) is 0.734. The number of carbonyl (C=O) groups excluding carboxylic acids is 2. The average Bonchev–Trinajstić information content (AvgIpc) is 3.42. The Labute approximate surface area is 166 Å². The summed E-state index contributed by atoms with van der Waals surface area (Å²) in [6, 6.07) is 0.785. The van der Waals surface area contributed by atoms with Crippen LogP contribution in [0.15, 0.2) is 0 Å². The van der Waals surface area contributed by atoms with E-state index in [1.54, 1.807) is 4.90 Å². The second-order valence-electron chi connectivity index (χ2n) is 8.51. The molecule has 4 rings (SSSR count). The van der Waals surface area contributed by atoms with Crippen LogP contribution < -0.4 is 0 Å². The van der Waals surface area contributed by atoms with E-state index < -0.39 is 0 Å². The standard InChI is InChI=1S/C20H33N3O3S/c1-2-26-19(25)23-11-9-22(10-12-23)18(24)17-15-20(17)5-7-21(8-6-20)16-3-13-27-14-4-16/h16-17H,2-15H2,1H3. The normalized spacial score (nSPS) is 29.0. The summed E-state index contributed by atoms with van der Waals surface area (Å²) in [5, 5.41) is 0. The van der Waals surface area contributed by atoms with Crippen molar-refractivity contribution < 1.29 is 14.3 Å². The van der Waals surface area contributed by atoms with Crippen LogP contribution in [0.2, 0.25) is 0 Å². The van der Waals surface area contributed by atoms with Gasteiger partial charge < -0.3 is 19.4 Å². The first-order chi connectivity index (χ1) is 13.1. The molecule has 0 aromatic rings. The van der Waals surface area contributed by atoms with E-state index in [4.69, 9.17) is 4.74 Å². The van der Waals surface area contributed by atoms with Crippen molar-refractivity contribution in [2.75, 3.05) is 57.4 Å². The van der Waals surface area contributed by atoms with Gasteiger partial charge in [-0.3, -0.25) is 4.79 Å². The van der Waals surface area contributed by atoms with Crippen LogP contribution in [0, 0.1) is 11.3 Å². The highest BCUT2D eigenvalue weighted by Gasteiger charge is 2.59. The topological polar surface area (TPSA) is 53.1 Å². The van der Waals surface area contributed by atoms with Crippen molar-refractivity contribution in [3.63, 3.8) is 0 Å². The van der Waals surface area contributed by atoms with E-state index >= 15 is 0 Å². The Bertz CT molecular complexity index is 551. The molecule has 1 spiro atoms. The molecule has 3 aliphatic heterocycles. The van der Waals surface area contributed by atoms with Gasteiger partial charge in [-0.25, -0.2) is 4.79 Å². The number of nitrogens with zero attached hydrogens (tertiary/aromatic N) is 3. The van der Waals surface area contributed by atoms with Crippen molar-refractivity contribution in [3.05, 3.63) is 0 Å². The number of carbonyl (C=O) groups is 2. The molecule has 0 radical (unpaired) electrons. The van der Waals surface area contributed by atoms with Crippen LogP contribution in [0.25, 0.3) is 0 Å². The monoisotopic (exact) mass is 395 g/mol. The second-order valence-corrected chi connectivity index (χ2v) is 9.73. The Hall–Kier alpha value is -0.950. The van der Waals surface area contributed by atoms with Crippen molar-refractivity contribution in [2.45, 2.75) is 45.1 Å². The molecule has 1 atom stereocenters. The van der Waals surface area contributed by atoms with Gasteiger partial charge in [0.05, 0.1) is 6.61 Å². The van der Waals surface area contributed by atoms with Crippen LogP contribution in [0.1, 0.15) is 39.0 Å². The minimum atomic E-state index is -0.249. The Kier molecular flexibility index (Phi) is 5.88. The number of rotatable bonds is 3. The number of thioether (sulfide) groups is 1. The van der Waals surface area contributed by atoms with Gasteiger partial charge in [-0.2, -0.15) is 11.8 Å². The number of amides is 2. The third-order valence-corrected chi connectivity index (χ3v) is 8.15. The Morgan fingerprint density at radius 3 is 2.26 bits per heavy atom. The molecule has 0 bridgehead atoms. The molecule has 0 aromatic heterocycles. The molecule has 2 amide bonds. The largest absolute Gasteiger partial charge is 0.450 e. The van der Waals surface area contributed by atoms with Gasteiger partial charge in [0, 0.05) is 38.1 Å². The fourth-order valence-electron chi connectivity index (χ4n) is 5.18. The van der Waals surface area contributed by atoms with E-state index in [2.05, 4.69) is 16.7 Å². The van der Waals surface area contributed by atoms with E-state index in [-0.39, 0.29) is 17.4 Å². The Morgan fingerprint density at radius 1 is 1.00 bits per heavy atom. The number of piperidine rings is 1. The minimum absolute atomic E-state index is 0.232. The van der Waals surface area contributed by atoms with Gasteiger partial charge >= 0.3 is 6.09 Å². The summed E-state index contributed by atoms with van der Waals surface area (Å²) in [7, 11) is 0. The van der Waals surface area contributed by atoms with E-state index in [1.807, 2.05) is 11.8 Å². The molecule has 27 heavy (non-hydrogen) atoms. The fraction of sp³-hybridized carbons (Fsp3) is 0.900. The first-order valence-electron chi connectivity index (χ1n) is 10.7. The van der Waals surface area contributed by atoms with E-state index in [0.29, 0.717) is 38.7 Å². The molecule has 3 heterocycles. The molecule has 152 valence electrons. The highest BCUT2D eigenvalue weighted by Crippen LogP contribution is 2.60. The van der Waals surface area contributed by atoms with E-state index in [1.165, 1.54) is 50.3 Å². The third kappa shape index (κ3) is 4.09. The number of ether oxygens (including phenoxy) is 1. The molecule has 0 N–H and O–H groups in total. The lowest BCUT2D eigenvalue weighted by Crippen LogP contribution is -2.51. The van der Waals surface area contributed by atoms with Gasteiger partial charge in [-0.05, 0) is 69.0 Å². The highest BCUT2D eigenvalue weighted by molar-refractivity contribution is 7.99. The van der Waals surface area contributed by atoms with Gasteiger partial charge in [0.1, 0.15) is 0 Å². The van der Waals surface area contributed by atoms with Crippen molar-refractivity contribution in [2.24, 2.45) is 11.3 Å². The number of hydrogen-bond acceptors (Lipinski definition) is 5. The van der Waals surface area contributed by atoms with Gasteiger partial charge in [-0.1, -0.05) is 0 Å². The summed E-state index contributed by atoms with van der Waals surface area (Å²) >= 11 is 2.09. The fourth-order valence-corrected chi connectivity index (χ4v) is 6.26. The first kappa shape index (κ1) is 19.4. The number of likely N-dealkylation sites (tertiary alicyclic amines) is 1. The number of piperazine rings is 1. The van der Waals surface area contributed by atoms with Crippen molar-refractivity contribution in [3.8, 4) is 0 Å². The summed E-state index contributed by atoms with van der Waals surface area (Å²) < 4.78 is 5.06. The van der Waals surface area contributed by atoms with Gasteiger partial charge in [0.2, 0.25) is 5.91 Å². The molecule has 6 nitrogen and oxygen atoms in total. The van der Waals surface area contributed by atoms with Gasteiger partial charge in [0.25, 0.3) is 0 Å². The summed E-state index contributed by atoms with van der Waals surface area (Å²) in [6.45, 7) is 7.06. The zero-order valence-corrected chi connectivity index (χ0v) is 17.3. The van der Waals surface area contributed by atoms with Crippen LogP contribution in [0.4, 0.5) is 4.79 Å². The first-order valence-corrected chi connectivity index (χ1v) is 11.8. The zero-order chi connectivity index (χ0) is 18.9. The second kappa shape index (κ2) is 8.19. The van der Waals surface area contributed by atoms with Gasteiger partial charge in [-0.15, -0.1) is 0 Å². The lowest BCUT2D eigenvalue weighted by atomic mass is 9.89. The van der Waals surface area contributed by atoms with Crippen LogP contribution in [-0.4, -0.2) is 90.1 Å². The van der Waals surface area contributed by atoms with Crippen LogP contribution in [0.5, 0.6) is 0 Å². The molecule has 3 saturated heterocycles. The molecule has 0 aromatic carbocycles. The summed E-state index contributed by atoms with van der Waals surface area (Å²) in [5.41, 5.74) is 0.287. The van der Waals surface area contributed by atoms with E-state index in [0.717, 1.165) is 12.5 Å². The molecule has 1 aliphatic carbocycles. The maximum Gasteiger partial charge on any atom is 0.409 e. The molecule has 1 saturated carbocycles. The predicted molar refractivity (Wildman–Crippen MR) is 107 cm³/mol. The lowest BCUT2D eigenvalue weighted by Gasteiger charge is -2.40. The summed E-state index contributed by atoms with van der Waals surface area (Å²) in [6.07, 6.45) is 5.89.